The van der Waals surface area contributed by atoms with Crippen LogP contribution in [-0.4, -0.2) is 67.4 Å². The molecule has 8 heteroatoms. The van der Waals surface area contributed by atoms with Crippen LogP contribution >= 0.6 is 0 Å². The Balaban J connectivity index is 2.85. The molecule has 0 atom stereocenters. The van der Waals surface area contributed by atoms with Crippen LogP contribution in [0, 0.1) is 0 Å². The lowest BCUT2D eigenvalue weighted by atomic mass is 10.4. The quantitative estimate of drug-likeness (QED) is 0.736. The number of carbonyl (C=O) groups is 1. The normalized spacial score (nSPS) is 12.2. The molecule has 0 radical (unpaired) electrons. The summed E-state index contributed by atoms with van der Waals surface area (Å²) in [7, 11) is 0.212. The van der Waals surface area contributed by atoms with Gasteiger partial charge in [-0.2, -0.15) is 4.31 Å². The Morgan fingerprint density at radius 2 is 2.00 bits per heavy atom. The Bertz CT molecular complexity index is 551. The van der Waals surface area contributed by atoms with Crippen molar-refractivity contribution in [1.82, 2.24) is 14.2 Å². The van der Waals surface area contributed by atoms with Gasteiger partial charge in [0, 0.05) is 19.3 Å². The molecular weight excluding hydrogens is 282 g/mol. The molecule has 0 fully saturated rings. The zero-order valence-corrected chi connectivity index (χ0v) is 12.8. The highest BCUT2D eigenvalue weighted by Gasteiger charge is 2.24. The highest BCUT2D eigenvalue weighted by atomic mass is 32.2. The maximum absolute atomic E-state index is 12.4. The lowest BCUT2D eigenvalue weighted by Gasteiger charge is -2.20. The van der Waals surface area contributed by atoms with Crippen LogP contribution in [0.2, 0.25) is 0 Å². The van der Waals surface area contributed by atoms with Crippen LogP contribution in [-0.2, 0) is 10.0 Å². The minimum absolute atomic E-state index is 0.0124. The predicted molar refractivity (Wildman–Crippen MR) is 75.4 cm³/mol. The molecular formula is C12H21N3O4S. The van der Waals surface area contributed by atoms with Gasteiger partial charge >= 0.3 is 5.97 Å². The molecule has 0 amide bonds. The van der Waals surface area contributed by atoms with Crippen molar-refractivity contribution in [2.24, 2.45) is 0 Å². The predicted octanol–water partition coefficient (Wildman–Crippen LogP) is 0.675. The fraction of sp³-hybridized carbons (Fsp3) is 0.583. The molecule has 1 aromatic rings. The molecule has 0 saturated carbocycles. The van der Waals surface area contributed by atoms with Crippen LogP contribution in [0.5, 0.6) is 0 Å². The van der Waals surface area contributed by atoms with Crippen LogP contribution < -0.4 is 0 Å². The average molecular weight is 303 g/mol. The summed E-state index contributed by atoms with van der Waals surface area (Å²) in [6, 6.07) is 1.15. The van der Waals surface area contributed by atoms with Crippen molar-refractivity contribution >= 4 is 16.0 Å². The summed E-state index contributed by atoms with van der Waals surface area (Å²) in [4.78, 5) is 15.2. The van der Waals surface area contributed by atoms with Crippen molar-refractivity contribution < 1.29 is 18.3 Å². The summed E-state index contributed by atoms with van der Waals surface area (Å²) in [6.45, 7) is 3.31. The van der Waals surface area contributed by atoms with E-state index in [1.54, 1.807) is 6.92 Å². The minimum atomic E-state index is -3.64. The first kappa shape index (κ1) is 16.7. The molecule has 1 heterocycles. The molecule has 2 N–H and O–H groups in total. The number of nitrogens with one attached hydrogen (secondary N) is 1. The molecule has 0 aromatic carbocycles. The maximum Gasteiger partial charge on any atom is 0.352 e. The molecule has 0 aliphatic carbocycles. The average Bonchev–Trinajstić information content (AvgIpc) is 2.84. The molecule has 0 unspecified atom stereocenters. The SMILES string of the molecule is CCN(CCCN(C)C)S(=O)(=O)c1c[nH]c(C(=O)O)c1. The molecule has 0 aliphatic heterocycles. The van der Waals surface area contributed by atoms with Gasteiger partial charge in [-0.05, 0) is 33.1 Å². The van der Waals surface area contributed by atoms with Gasteiger partial charge in [0.05, 0.1) is 0 Å². The van der Waals surface area contributed by atoms with Gasteiger partial charge in [0.15, 0.2) is 0 Å². The Morgan fingerprint density at radius 3 is 2.45 bits per heavy atom. The number of carboxylic acid groups (broad SMARTS) is 1. The van der Waals surface area contributed by atoms with Gasteiger partial charge in [-0.1, -0.05) is 6.92 Å². The molecule has 1 rings (SSSR count). The van der Waals surface area contributed by atoms with Crippen molar-refractivity contribution in [3.63, 3.8) is 0 Å². The van der Waals surface area contributed by atoms with Gasteiger partial charge in [0.2, 0.25) is 10.0 Å². The summed E-state index contributed by atoms with van der Waals surface area (Å²) in [5, 5.41) is 8.82. The largest absolute Gasteiger partial charge is 0.477 e. The lowest BCUT2D eigenvalue weighted by molar-refractivity contribution is 0.0691. The zero-order chi connectivity index (χ0) is 15.3. The number of rotatable bonds is 8. The molecule has 20 heavy (non-hydrogen) atoms. The summed E-state index contributed by atoms with van der Waals surface area (Å²) in [5.74, 6) is -1.18. The minimum Gasteiger partial charge on any atom is -0.477 e. The number of nitrogens with zero attached hydrogens (tertiary/aromatic N) is 2. The van der Waals surface area contributed by atoms with E-state index in [1.165, 1.54) is 10.5 Å². The van der Waals surface area contributed by atoms with E-state index in [1.807, 2.05) is 19.0 Å². The van der Waals surface area contributed by atoms with E-state index >= 15 is 0 Å². The van der Waals surface area contributed by atoms with Gasteiger partial charge in [0.25, 0.3) is 0 Å². The van der Waals surface area contributed by atoms with E-state index in [4.69, 9.17) is 5.11 Å². The number of carboxylic acids is 1. The summed E-state index contributed by atoms with van der Waals surface area (Å²) >= 11 is 0. The number of aromatic nitrogens is 1. The fourth-order valence-electron chi connectivity index (χ4n) is 1.81. The maximum atomic E-state index is 12.4. The molecule has 0 saturated heterocycles. The van der Waals surface area contributed by atoms with E-state index in [9.17, 15) is 13.2 Å². The van der Waals surface area contributed by atoms with Crippen LogP contribution in [0.15, 0.2) is 17.2 Å². The van der Waals surface area contributed by atoms with E-state index in [-0.39, 0.29) is 10.6 Å². The Hall–Kier alpha value is -1.38. The number of aromatic amines is 1. The molecule has 0 aliphatic rings. The molecule has 7 nitrogen and oxygen atoms in total. The van der Waals surface area contributed by atoms with Crippen LogP contribution in [0.1, 0.15) is 23.8 Å². The topological polar surface area (TPSA) is 93.7 Å². The van der Waals surface area contributed by atoms with Crippen LogP contribution in [0.3, 0.4) is 0 Å². The number of hydrogen-bond donors (Lipinski definition) is 2. The number of aromatic carboxylic acids is 1. The van der Waals surface area contributed by atoms with Crippen molar-refractivity contribution in [3.05, 3.63) is 18.0 Å². The fourth-order valence-corrected chi connectivity index (χ4v) is 3.29. The van der Waals surface area contributed by atoms with Crippen molar-refractivity contribution in [3.8, 4) is 0 Å². The monoisotopic (exact) mass is 303 g/mol. The molecule has 0 spiro atoms. The van der Waals surface area contributed by atoms with Gasteiger partial charge in [-0.15, -0.1) is 0 Å². The smallest absolute Gasteiger partial charge is 0.352 e. The van der Waals surface area contributed by atoms with Crippen molar-refractivity contribution in [2.45, 2.75) is 18.2 Å². The molecule has 114 valence electrons. The highest BCUT2D eigenvalue weighted by molar-refractivity contribution is 7.89. The van der Waals surface area contributed by atoms with E-state index in [0.29, 0.717) is 13.1 Å². The number of sulfonamides is 1. The Labute approximate surface area is 119 Å². The third-order valence-electron chi connectivity index (χ3n) is 2.89. The third kappa shape index (κ3) is 4.06. The second-order valence-electron chi connectivity index (χ2n) is 4.71. The number of H-pyrrole nitrogens is 1. The summed E-state index contributed by atoms with van der Waals surface area (Å²) < 4.78 is 26.1. The van der Waals surface area contributed by atoms with Gasteiger partial charge in [-0.3, -0.25) is 0 Å². The van der Waals surface area contributed by atoms with Crippen molar-refractivity contribution in [1.29, 1.82) is 0 Å². The second-order valence-corrected chi connectivity index (χ2v) is 6.65. The Morgan fingerprint density at radius 1 is 1.35 bits per heavy atom. The van der Waals surface area contributed by atoms with Gasteiger partial charge in [0.1, 0.15) is 10.6 Å². The first-order valence-corrected chi connectivity index (χ1v) is 7.79. The summed E-state index contributed by atoms with van der Waals surface area (Å²) in [6.07, 6.45) is 1.93. The van der Waals surface area contributed by atoms with Gasteiger partial charge < -0.3 is 15.0 Å². The Kier molecular flexibility index (Phi) is 5.73. The molecule has 0 bridgehead atoms. The van der Waals surface area contributed by atoms with E-state index < -0.39 is 16.0 Å². The highest BCUT2D eigenvalue weighted by Crippen LogP contribution is 2.17. The van der Waals surface area contributed by atoms with Gasteiger partial charge in [-0.25, -0.2) is 13.2 Å². The first-order chi connectivity index (χ1) is 9.28. The van der Waals surface area contributed by atoms with E-state index in [2.05, 4.69) is 4.98 Å². The summed E-state index contributed by atoms with van der Waals surface area (Å²) in [5.41, 5.74) is -0.132. The standard InChI is InChI=1S/C12H21N3O4S/c1-4-15(7-5-6-14(2)3)20(18,19)10-8-11(12(16)17)13-9-10/h8-9,13H,4-7H2,1-3H3,(H,16,17). The molecule has 1 aromatic heterocycles. The lowest BCUT2D eigenvalue weighted by Crippen LogP contribution is -2.33. The third-order valence-corrected chi connectivity index (χ3v) is 4.84. The van der Waals surface area contributed by atoms with Crippen molar-refractivity contribution in [2.75, 3.05) is 33.7 Å². The zero-order valence-electron chi connectivity index (χ0n) is 12.0. The van der Waals surface area contributed by atoms with E-state index in [0.717, 1.165) is 19.0 Å². The second kappa shape index (κ2) is 6.87. The first-order valence-electron chi connectivity index (χ1n) is 6.35. The van der Waals surface area contributed by atoms with Crippen LogP contribution in [0.25, 0.3) is 0 Å². The number of hydrogen-bond acceptors (Lipinski definition) is 4. The van der Waals surface area contributed by atoms with Crippen LogP contribution in [0.4, 0.5) is 0 Å².